The van der Waals surface area contributed by atoms with E-state index >= 15 is 0 Å². The van der Waals surface area contributed by atoms with Crippen molar-refractivity contribution in [2.24, 2.45) is 0 Å². The van der Waals surface area contributed by atoms with Crippen molar-refractivity contribution in [2.45, 2.75) is 20.0 Å². The van der Waals surface area contributed by atoms with E-state index in [1.807, 2.05) is 53.9 Å². The normalized spacial score (nSPS) is 10.6. The molecular weight excluding hydrogens is 296 g/mol. The van der Waals surface area contributed by atoms with E-state index in [4.69, 9.17) is 22.8 Å². The smallest absolute Gasteiger partial charge is 0.180 e. The molecule has 0 N–H and O–H groups in total. The number of fused-ring (bicyclic) bond motifs is 1. The van der Waals surface area contributed by atoms with Gasteiger partial charge in [0.25, 0.3) is 0 Å². The van der Waals surface area contributed by atoms with Gasteiger partial charge in [-0.3, -0.25) is 4.40 Å². The SMILES string of the molecule is C#CCc1c(C)nc2c(OCc3ccc(Cl)cc3)cccn12. The number of aromatic nitrogens is 2. The first-order valence-electron chi connectivity index (χ1n) is 6.96. The minimum absolute atomic E-state index is 0.465. The molecule has 0 spiro atoms. The quantitative estimate of drug-likeness (QED) is 0.680. The zero-order chi connectivity index (χ0) is 15.5. The van der Waals surface area contributed by atoms with Crippen LogP contribution in [0.25, 0.3) is 5.65 Å². The van der Waals surface area contributed by atoms with Gasteiger partial charge in [-0.15, -0.1) is 12.3 Å². The summed E-state index contributed by atoms with van der Waals surface area (Å²) in [6.45, 7) is 2.43. The van der Waals surface area contributed by atoms with E-state index in [1.165, 1.54) is 0 Å². The summed E-state index contributed by atoms with van der Waals surface area (Å²) in [6, 6.07) is 11.5. The fraction of sp³-hybridized carbons (Fsp3) is 0.167. The van der Waals surface area contributed by atoms with Crippen LogP contribution in [0.15, 0.2) is 42.6 Å². The van der Waals surface area contributed by atoms with Crippen LogP contribution < -0.4 is 4.74 Å². The van der Waals surface area contributed by atoms with Gasteiger partial charge in [0.15, 0.2) is 11.4 Å². The monoisotopic (exact) mass is 310 g/mol. The molecule has 0 saturated heterocycles. The van der Waals surface area contributed by atoms with Crippen molar-refractivity contribution in [1.82, 2.24) is 9.38 Å². The largest absolute Gasteiger partial charge is 0.485 e. The molecule has 3 aromatic rings. The van der Waals surface area contributed by atoms with E-state index < -0.39 is 0 Å². The van der Waals surface area contributed by atoms with Crippen molar-refractivity contribution in [3.8, 4) is 18.1 Å². The molecule has 3 nitrogen and oxygen atoms in total. The van der Waals surface area contributed by atoms with Crippen molar-refractivity contribution < 1.29 is 4.74 Å². The van der Waals surface area contributed by atoms with Gasteiger partial charge in [-0.25, -0.2) is 4.98 Å². The fourth-order valence-corrected chi connectivity index (χ4v) is 2.49. The van der Waals surface area contributed by atoms with Crippen LogP contribution in [0.1, 0.15) is 17.0 Å². The lowest BCUT2D eigenvalue weighted by Gasteiger charge is -2.08. The Kier molecular flexibility index (Phi) is 4.04. The lowest BCUT2D eigenvalue weighted by molar-refractivity contribution is 0.308. The van der Waals surface area contributed by atoms with Gasteiger partial charge in [-0.05, 0) is 36.8 Å². The first-order valence-corrected chi connectivity index (χ1v) is 7.34. The summed E-state index contributed by atoms with van der Waals surface area (Å²) in [5.74, 6) is 3.41. The summed E-state index contributed by atoms with van der Waals surface area (Å²) in [5, 5.41) is 0.716. The highest BCUT2D eigenvalue weighted by Crippen LogP contribution is 2.23. The predicted molar refractivity (Wildman–Crippen MR) is 88.3 cm³/mol. The Labute approximate surface area is 134 Å². The third-order valence-corrected chi connectivity index (χ3v) is 3.74. The number of aryl methyl sites for hydroxylation is 1. The molecule has 0 radical (unpaired) electrons. The van der Waals surface area contributed by atoms with Crippen LogP contribution >= 0.6 is 11.6 Å². The number of hydrogen-bond acceptors (Lipinski definition) is 2. The second-order valence-corrected chi connectivity index (χ2v) is 5.44. The molecule has 4 heteroatoms. The number of terminal acetylenes is 1. The number of halogens is 1. The van der Waals surface area contributed by atoms with Crippen LogP contribution in [0.2, 0.25) is 5.02 Å². The summed E-state index contributed by atoms with van der Waals surface area (Å²) in [5.41, 5.74) is 3.80. The van der Waals surface area contributed by atoms with Crippen molar-refractivity contribution in [1.29, 1.82) is 0 Å². The summed E-state index contributed by atoms with van der Waals surface area (Å²) in [6.07, 6.45) is 7.94. The van der Waals surface area contributed by atoms with E-state index in [0.717, 1.165) is 28.3 Å². The lowest BCUT2D eigenvalue weighted by atomic mass is 10.2. The van der Waals surface area contributed by atoms with Gasteiger partial charge >= 0.3 is 0 Å². The average Bonchev–Trinajstić information content (AvgIpc) is 2.84. The van der Waals surface area contributed by atoms with Crippen LogP contribution in [0.5, 0.6) is 5.75 Å². The molecule has 0 aliphatic carbocycles. The van der Waals surface area contributed by atoms with E-state index in [0.29, 0.717) is 18.1 Å². The molecule has 0 unspecified atom stereocenters. The van der Waals surface area contributed by atoms with E-state index in [2.05, 4.69) is 10.9 Å². The van der Waals surface area contributed by atoms with E-state index in [9.17, 15) is 0 Å². The molecule has 0 aliphatic heterocycles. The molecule has 0 amide bonds. The second kappa shape index (κ2) is 6.13. The van der Waals surface area contributed by atoms with Crippen molar-refractivity contribution in [3.63, 3.8) is 0 Å². The van der Waals surface area contributed by atoms with E-state index in [-0.39, 0.29) is 0 Å². The first-order chi connectivity index (χ1) is 10.7. The highest BCUT2D eigenvalue weighted by molar-refractivity contribution is 6.30. The Morgan fingerprint density at radius 1 is 1.27 bits per heavy atom. The molecule has 1 aromatic carbocycles. The Balaban J connectivity index is 1.89. The van der Waals surface area contributed by atoms with Crippen LogP contribution in [0.3, 0.4) is 0 Å². The molecule has 0 fully saturated rings. The number of ether oxygens (including phenoxy) is 1. The first kappa shape index (κ1) is 14.5. The molecule has 0 bridgehead atoms. The molecule has 2 heterocycles. The molecule has 22 heavy (non-hydrogen) atoms. The molecule has 2 aromatic heterocycles. The van der Waals surface area contributed by atoms with Gasteiger partial charge in [0.2, 0.25) is 0 Å². The number of hydrogen-bond donors (Lipinski definition) is 0. The van der Waals surface area contributed by atoms with E-state index in [1.54, 1.807) is 0 Å². The highest BCUT2D eigenvalue weighted by Gasteiger charge is 2.11. The van der Waals surface area contributed by atoms with Crippen LogP contribution in [0.4, 0.5) is 0 Å². The zero-order valence-corrected chi connectivity index (χ0v) is 13.0. The zero-order valence-electron chi connectivity index (χ0n) is 12.2. The minimum Gasteiger partial charge on any atom is -0.485 e. The Morgan fingerprint density at radius 2 is 2.05 bits per heavy atom. The Bertz CT molecular complexity index is 844. The van der Waals surface area contributed by atoms with Gasteiger partial charge < -0.3 is 4.74 Å². The molecule has 110 valence electrons. The standard InChI is InChI=1S/C18H15ClN2O/c1-3-5-16-13(2)20-18-17(6-4-11-21(16)18)22-12-14-7-9-15(19)10-8-14/h1,4,6-11H,5,12H2,2H3. The summed E-state index contributed by atoms with van der Waals surface area (Å²) >= 11 is 5.89. The van der Waals surface area contributed by atoms with Gasteiger partial charge in [-0.2, -0.15) is 0 Å². The summed E-state index contributed by atoms with van der Waals surface area (Å²) in [4.78, 5) is 4.58. The average molecular weight is 311 g/mol. The molecule has 3 rings (SSSR count). The molecule has 0 atom stereocenters. The maximum absolute atomic E-state index is 5.91. The molecule has 0 saturated carbocycles. The number of pyridine rings is 1. The van der Waals surface area contributed by atoms with Crippen molar-refractivity contribution in [2.75, 3.05) is 0 Å². The number of imidazole rings is 1. The predicted octanol–water partition coefficient (Wildman–Crippen LogP) is 4.05. The van der Waals surface area contributed by atoms with Gasteiger partial charge in [0.1, 0.15) is 6.61 Å². The third kappa shape index (κ3) is 2.79. The third-order valence-electron chi connectivity index (χ3n) is 3.49. The van der Waals surface area contributed by atoms with Crippen LogP contribution in [-0.4, -0.2) is 9.38 Å². The summed E-state index contributed by atoms with van der Waals surface area (Å²) in [7, 11) is 0. The van der Waals surface area contributed by atoms with Crippen LogP contribution in [0, 0.1) is 19.3 Å². The van der Waals surface area contributed by atoms with Gasteiger partial charge in [0, 0.05) is 11.2 Å². The topological polar surface area (TPSA) is 26.5 Å². The number of benzene rings is 1. The summed E-state index contributed by atoms with van der Waals surface area (Å²) < 4.78 is 7.91. The van der Waals surface area contributed by atoms with Crippen molar-refractivity contribution >= 4 is 17.2 Å². The number of nitrogens with zero attached hydrogens (tertiary/aromatic N) is 2. The van der Waals surface area contributed by atoms with Gasteiger partial charge in [0.05, 0.1) is 17.8 Å². The lowest BCUT2D eigenvalue weighted by Crippen LogP contribution is -1.98. The van der Waals surface area contributed by atoms with Crippen LogP contribution in [-0.2, 0) is 13.0 Å². The van der Waals surface area contributed by atoms with Crippen molar-refractivity contribution in [3.05, 3.63) is 64.6 Å². The number of rotatable bonds is 4. The molecule has 0 aliphatic rings. The Hall–Kier alpha value is -2.44. The highest BCUT2D eigenvalue weighted by atomic mass is 35.5. The fourth-order valence-electron chi connectivity index (χ4n) is 2.37. The molecular formula is C18H15ClN2O. The maximum Gasteiger partial charge on any atom is 0.180 e. The second-order valence-electron chi connectivity index (χ2n) is 5.01. The maximum atomic E-state index is 5.91. The minimum atomic E-state index is 0.465. The van der Waals surface area contributed by atoms with Gasteiger partial charge in [-0.1, -0.05) is 23.7 Å². The Morgan fingerprint density at radius 3 is 2.77 bits per heavy atom.